The minimum atomic E-state index is 0.656. The summed E-state index contributed by atoms with van der Waals surface area (Å²) in [5, 5.41) is 14.1. The van der Waals surface area contributed by atoms with E-state index in [2.05, 4.69) is 36.4 Å². The van der Waals surface area contributed by atoms with Crippen LogP contribution in [0.4, 0.5) is 0 Å². The fourth-order valence-electron chi connectivity index (χ4n) is 3.31. The molecule has 0 amide bonds. The van der Waals surface area contributed by atoms with Crippen molar-refractivity contribution in [2.45, 2.75) is 0 Å². The van der Waals surface area contributed by atoms with Gasteiger partial charge in [0.2, 0.25) is 0 Å². The standard InChI is InChI=1S/C22H15NO/c1-24-20-13-12-16-7-3-5-9-19(16)22(20)21-17(14-23)11-10-15-6-2-4-8-18(15)21/h2-13H,1H3. The van der Waals surface area contributed by atoms with Crippen LogP contribution in [0.25, 0.3) is 32.7 Å². The van der Waals surface area contributed by atoms with E-state index in [0.29, 0.717) is 5.56 Å². The maximum Gasteiger partial charge on any atom is 0.127 e. The number of benzene rings is 4. The Hall–Kier alpha value is -3.31. The van der Waals surface area contributed by atoms with E-state index in [0.717, 1.165) is 38.4 Å². The summed E-state index contributed by atoms with van der Waals surface area (Å²) in [6, 6.07) is 26.6. The Labute approximate surface area is 140 Å². The monoisotopic (exact) mass is 309 g/mol. The molecule has 2 heteroatoms. The molecular formula is C22H15NO. The topological polar surface area (TPSA) is 33.0 Å². The molecule has 0 aliphatic heterocycles. The molecule has 0 heterocycles. The fourth-order valence-corrected chi connectivity index (χ4v) is 3.31. The van der Waals surface area contributed by atoms with Crippen LogP contribution in [-0.4, -0.2) is 7.11 Å². The SMILES string of the molecule is COc1ccc2ccccc2c1-c1c(C#N)ccc2ccccc12. The minimum Gasteiger partial charge on any atom is -0.496 e. The van der Waals surface area contributed by atoms with Gasteiger partial charge in [-0.25, -0.2) is 0 Å². The first-order chi connectivity index (χ1) is 11.8. The van der Waals surface area contributed by atoms with Crippen LogP contribution in [-0.2, 0) is 0 Å². The lowest BCUT2D eigenvalue weighted by molar-refractivity contribution is 0.417. The van der Waals surface area contributed by atoms with Gasteiger partial charge in [-0.1, -0.05) is 60.7 Å². The molecule has 4 aromatic rings. The Morgan fingerprint density at radius 1 is 0.708 bits per heavy atom. The number of rotatable bonds is 2. The second-order valence-electron chi connectivity index (χ2n) is 5.69. The van der Waals surface area contributed by atoms with Crippen molar-refractivity contribution in [3.8, 4) is 22.9 Å². The Kier molecular flexibility index (Phi) is 3.40. The van der Waals surface area contributed by atoms with Crippen molar-refractivity contribution in [1.82, 2.24) is 0 Å². The van der Waals surface area contributed by atoms with Gasteiger partial charge in [-0.2, -0.15) is 5.26 Å². The van der Waals surface area contributed by atoms with E-state index in [1.807, 2.05) is 42.5 Å². The van der Waals surface area contributed by atoms with Crippen LogP contribution in [0.2, 0.25) is 0 Å². The van der Waals surface area contributed by atoms with Gasteiger partial charge in [0.25, 0.3) is 0 Å². The van der Waals surface area contributed by atoms with E-state index in [1.54, 1.807) is 7.11 Å². The third kappa shape index (κ3) is 2.11. The van der Waals surface area contributed by atoms with Crippen LogP contribution < -0.4 is 4.74 Å². The van der Waals surface area contributed by atoms with Gasteiger partial charge in [-0.15, -0.1) is 0 Å². The van der Waals surface area contributed by atoms with Crippen molar-refractivity contribution < 1.29 is 4.74 Å². The van der Waals surface area contributed by atoms with E-state index >= 15 is 0 Å². The number of hydrogen-bond acceptors (Lipinski definition) is 2. The largest absolute Gasteiger partial charge is 0.496 e. The molecule has 0 aliphatic rings. The van der Waals surface area contributed by atoms with Gasteiger partial charge in [-0.3, -0.25) is 0 Å². The number of nitrogens with zero attached hydrogens (tertiary/aromatic N) is 1. The summed E-state index contributed by atoms with van der Waals surface area (Å²) in [6.07, 6.45) is 0. The molecule has 4 aromatic carbocycles. The first-order valence-corrected chi connectivity index (χ1v) is 7.81. The Morgan fingerprint density at radius 2 is 1.29 bits per heavy atom. The molecule has 0 N–H and O–H groups in total. The minimum absolute atomic E-state index is 0.656. The highest BCUT2D eigenvalue weighted by atomic mass is 16.5. The van der Waals surface area contributed by atoms with Crippen LogP contribution in [0.1, 0.15) is 5.56 Å². The van der Waals surface area contributed by atoms with Crippen molar-refractivity contribution in [3.63, 3.8) is 0 Å². The van der Waals surface area contributed by atoms with E-state index < -0.39 is 0 Å². The fraction of sp³-hybridized carbons (Fsp3) is 0.0455. The molecule has 0 spiro atoms. The van der Waals surface area contributed by atoms with Crippen molar-refractivity contribution >= 4 is 21.5 Å². The van der Waals surface area contributed by atoms with Crippen LogP contribution in [0.15, 0.2) is 72.8 Å². The molecule has 0 unspecified atom stereocenters. The third-order valence-corrected chi connectivity index (χ3v) is 4.41. The van der Waals surface area contributed by atoms with E-state index in [9.17, 15) is 5.26 Å². The van der Waals surface area contributed by atoms with Crippen molar-refractivity contribution in [2.75, 3.05) is 7.11 Å². The van der Waals surface area contributed by atoms with Crippen molar-refractivity contribution in [1.29, 1.82) is 5.26 Å². The van der Waals surface area contributed by atoms with E-state index in [-0.39, 0.29) is 0 Å². The van der Waals surface area contributed by atoms with Gasteiger partial charge in [-0.05, 0) is 33.7 Å². The molecular weight excluding hydrogens is 294 g/mol. The molecule has 0 bridgehead atoms. The third-order valence-electron chi connectivity index (χ3n) is 4.41. The van der Waals surface area contributed by atoms with Crippen LogP contribution in [0.3, 0.4) is 0 Å². The maximum atomic E-state index is 9.68. The zero-order valence-electron chi connectivity index (χ0n) is 13.3. The van der Waals surface area contributed by atoms with Crippen LogP contribution in [0, 0.1) is 11.3 Å². The van der Waals surface area contributed by atoms with Gasteiger partial charge >= 0.3 is 0 Å². The smallest absolute Gasteiger partial charge is 0.127 e. The Bertz CT molecular complexity index is 1110. The molecule has 0 atom stereocenters. The molecule has 0 radical (unpaired) electrons. The highest BCUT2D eigenvalue weighted by Gasteiger charge is 2.17. The van der Waals surface area contributed by atoms with E-state index in [4.69, 9.17) is 4.74 Å². The predicted octanol–water partition coefficient (Wildman–Crippen LogP) is 5.54. The van der Waals surface area contributed by atoms with Gasteiger partial charge in [0.05, 0.1) is 18.7 Å². The molecule has 24 heavy (non-hydrogen) atoms. The van der Waals surface area contributed by atoms with E-state index in [1.165, 1.54) is 0 Å². The Balaban J connectivity index is 2.23. The van der Waals surface area contributed by atoms with Gasteiger partial charge < -0.3 is 4.74 Å². The Morgan fingerprint density at radius 3 is 1.92 bits per heavy atom. The normalized spacial score (nSPS) is 10.7. The summed E-state index contributed by atoms with van der Waals surface area (Å²) in [5.74, 6) is 0.779. The molecule has 0 saturated heterocycles. The van der Waals surface area contributed by atoms with Gasteiger partial charge in [0, 0.05) is 11.1 Å². The van der Waals surface area contributed by atoms with Gasteiger partial charge in [0.1, 0.15) is 5.75 Å². The summed E-state index contributed by atoms with van der Waals surface area (Å²) in [7, 11) is 1.67. The summed E-state index contributed by atoms with van der Waals surface area (Å²) in [5.41, 5.74) is 2.57. The first-order valence-electron chi connectivity index (χ1n) is 7.81. The summed E-state index contributed by atoms with van der Waals surface area (Å²) in [6.45, 7) is 0. The predicted molar refractivity (Wildman–Crippen MR) is 98.2 cm³/mol. The van der Waals surface area contributed by atoms with Crippen LogP contribution in [0.5, 0.6) is 5.75 Å². The maximum absolute atomic E-state index is 9.68. The number of hydrogen-bond donors (Lipinski definition) is 0. The highest BCUT2D eigenvalue weighted by Crippen LogP contribution is 2.42. The molecule has 4 rings (SSSR count). The zero-order valence-corrected chi connectivity index (χ0v) is 13.3. The second kappa shape index (κ2) is 5.72. The van der Waals surface area contributed by atoms with Crippen molar-refractivity contribution in [2.24, 2.45) is 0 Å². The lowest BCUT2D eigenvalue weighted by atomic mass is 9.90. The number of nitriles is 1. The number of fused-ring (bicyclic) bond motifs is 2. The number of methoxy groups -OCH3 is 1. The lowest BCUT2D eigenvalue weighted by Crippen LogP contribution is -1.93. The molecule has 0 aliphatic carbocycles. The summed E-state index contributed by atoms with van der Waals surface area (Å²) in [4.78, 5) is 0. The molecule has 0 fully saturated rings. The number of ether oxygens (including phenoxy) is 1. The molecule has 114 valence electrons. The second-order valence-corrected chi connectivity index (χ2v) is 5.69. The van der Waals surface area contributed by atoms with Crippen molar-refractivity contribution in [3.05, 3.63) is 78.4 Å². The zero-order chi connectivity index (χ0) is 16.5. The quantitative estimate of drug-likeness (QED) is 0.487. The van der Waals surface area contributed by atoms with Crippen LogP contribution >= 0.6 is 0 Å². The average molecular weight is 309 g/mol. The molecule has 2 nitrogen and oxygen atoms in total. The first kappa shape index (κ1) is 14.3. The van der Waals surface area contributed by atoms with Gasteiger partial charge in [0.15, 0.2) is 0 Å². The lowest BCUT2D eigenvalue weighted by Gasteiger charge is -2.16. The summed E-state index contributed by atoms with van der Waals surface area (Å²) < 4.78 is 5.65. The highest BCUT2D eigenvalue weighted by molar-refractivity contribution is 6.09. The summed E-state index contributed by atoms with van der Waals surface area (Å²) >= 11 is 0. The average Bonchev–Trinajstić information content (AvgIpc) is 2.66. The molecule has 0 aromatic heterocycles. The molecule has 0 saturated carbocycles.